The summed E-state index contributed by atoms with van der Waals surface area (Å²) in [6.07, 6.45) is 2.40. The molecule has 0 aromatic rings. The Labute approximate surface area is 107 Å². The lowest BCUT2D eigenvalue weighted by atomic mass is 9.81. The molecule has 1 amide bonds. The van der Waals surface area contributed by atoms with Crippen molar-refractivity contribution in [3.8, 4) is 0 Å². The van der Waals surface area contributed by atoms with Crippen molar-refractivity contribution in [2.45, 2.75) is 45.3 Å². The van der Waals surface area contributed by atoms with Crippen molar-refractivity contribution in [3.05, 3.63) is 0 Å². The second-order valence-electron chi connectivity index (χ2n) is 5.47. The molecule has 0 bridgehead atoms. The van der Waals surface area contributed by atoms with E-state index in [4.69, 9.17) is 4.74 Å². The van der Waals surface area contributed by atoms with Crippen LogP contribution in [0.4, 0.5) is 0 Å². The predicted octanol–water partition coefficient (Wildman–Crippen LogP) is 1.12. The van der Waals surface area contributed by atoms with Crippen LogP contribution in [-0.2, 0) is 14.3 Å². The monoisotopic (exact) mass is 255 g/mol. The molecule has 5 nitrogen and oxygen atoms in total. The Hall–Kier alpha value is -1.10. The molecule has 2 heterocycles. The van der Waals surface area contributed by atoms with Gasteiger partial charge in [0.1, 0.15) is 0 Å². The number of ether oxygens (including phenoxy) is 1. The van der Waals surface area contributed by atoms with Crippen LogP contribution < -0.4 is 0 Å². The van der Waals surface area contributed by atoms with Gasteiger partial charge in [-0.15, -0.1) is 0 Å². The number of carbonyl (C=O) groups excluding carboxylic acids is 1. The number of piperidine rings is 1. The molecule has 2 rings (SSSR count). The Morgan fingerprint density at radius 1 is 1.50 bits per heavy atom. The summed E-state index contributed by atoms with van der Waals surface area (Å²) in [5.41, 5.74) is 0. The number of aliphatic carboxylic acids is 1. The van der Waals surface area contributed by atoms with Gasteiger partial charge in [0.05, 0.1) is 12.0 Å². The van der Waals surface area contributed by atoms with Gasteiger partial charge in [-0.25, -0.2) is 0 Å². The second-order valence-corrected chi connectivity index (χ2v) is 5.47. The van der Waals surface area contributed by atoms with E-state index >= 15 is 0 Å². The van der Waals surface area contributed by atoms with Gasteiger partial charge in [-0.2, -0.15) is 0 Å². The number of carboxylic acids is 1. The molecule has 2 saturated heterocycles. The molecule has 0 saturated carbocycles. The van der Waals surface area contributed by atoms with E-state index in [0.717, 1.165) is 19.4 Å². The maximum absolute atomic E-state index is 12.0. The van der Waals surface area contributed by atoms with Gasteiger partial charge < -0.3 is 14.7 Å². The zero-order valence-electron chi connectivity index (χ0n) is 11.0. The summed E-state index contributed by atoms with van der Waals surface area (Å²) in [6.45, 7) is 4.97. The highest BCUT2D eigenvalue weighted by Gasteiger charge is 2.42. The average molecular weight is 255 g/mol. The number of likely N-dealkylation sites (tertiary alicyclic amines) is 1. The Bertz CT molecular complexity index is 338. The minimum Gasteiger partial charge on any atom is -0.481 e. The van der Waals surface area contributed by atoms with E-state index in [9.17, 15) is 14.7 Å². The fourth-order valence-corrected chi connectivity index (χ4v) is 3.14. The van der Waals surface area contributed by atoms with Crippen molar-refractivity contribution >= 4 is 11.9 Å². The second kappa shape index (κ2) is 5.26. The van der Waals surface area contributed by atoms with Crippen LogP contribution in [0.2, 0.25) is 0 Å². The van der Waals surface area contributed by atoms with Crippen LogP contribution in [0.3, 0.4) is 0 Å². The molecule has 1 N–H and O–H groups in total. The van der Waals surface area contributed by atoms with Crippen molar-refractivity contribution in [3.63, 3.8) is 0 Å². The first-order valence-electron chi connectivity index (χ1n) is 6.64. The largest absolute Gasteiger partial charge is 0.481 e. The predicted molar refractivity (Wildman–Crippen MR) is 65.1 cm³/mol. The number of hydrogen-bond donors (Lipinski definition) is 1. The van der Waals surface area contributed by atoms with E-state index in [1.54, 1.807) is 4.90 Å². The van der Waals surface area contributed by atoms with Crippen LogP contribution in [0.15, 0.2) is 0 Å². The van der Waals surface area contributed by atoms with Crippen molar-refractivity contribution in [1.82, 2.24) is 4.90 Å². The zero-order valence-corrected chi connectivity index (χ0v) is 11.0. The molecular formula is C13H21NO4. The number of hydrogen-bond acceptors (Lipinski definition) is 3. The fourth-order valence-electron chi connectivity index (χ4n) is 3.14. The Morgan fingerprint density at radius 3 is 2.78 bits per heavy atom. The van der Waals surface area contributed by atoms with E-state index < -0.39 is 11.9 Å². The maximum atomic E-state index is 12.0. The summed E-state index contributed by atoms with van der Waals surface area (Å²) in [4.78, 5) is 25.0. The van der Waals surface area contributed by atoms with Gasteiger partial charge in [-0.3, -0.25) is 9.59 Å². The summed E-state index contributed by atoms with van der Waals surface area (Å²) < 4.78 is 5.53. The van der Waals surface area contributed by atoms with E-state index in [0.29, 0.717) is 13.0 Å². The average Bonchev–Trinajstić information content (AvgIpc) is 2.75. The Morgan fingerprint density at radius 2 is 2.22 bits per heavy atom. The molecule has 4 unspecified atom stereocenters. The van der Waals surface area contributed by atoms with Crippen molar-refractivity contribution in [2.24, 2.45) is 11.8 Å². The number of rotatable bonds is 3. The maximum Gasteiger partial charge on any atom is 0.308 e. The summed E-state index contributed by atoms with van der Waals surface area (Å²) in [5.74, 6) is -1.31. The molecule has 0 radical (unpaired) electrons. The molecule has 2 aliphatic heterocycles. The van der Waals surface area contributed by atoms with Crippen LogP contribution in [0.1, 0.15) is 33.1 Å². The first-order chi connectivity index (χ1) is 8.50. The lowest BCUT2D eigenvalue weighted by Crippen LogP contribution is -2.54. The smallest absolute Gasteiger partial charge is 0.308 e. The first-order valence-corrected chi connectivity index (χ1v) is 6.64. The Balaban J connectivity index is 2.07. The van der Waals surface area contributed by atoms with Crippen molar-refractivity contribution in [1.29, 1.82) is 0 Å². The zero-order chi connectivity index (χ0) is 13.3. The molecule has 18 heavy (non-hydrogen) atoms. The number of carbonyl (C=O) groups is 2. The quantitative estimate of drug-likeness (QED) is 0.820. The lowest BCUT2D eigenvalue weighted by Gasteiger charge is -2.41. The number of nitrogens with zero attached hydrogens (tertiary/aromatic N) is 1. The van der Waals surface area contributed by atoms with E-state index in [1.807, 2.05) is 13.8 Å². The molecule has 0 spiro atoms. The third-order valence-electron chi connectivity index (χ3n) is 4.15. The van der Waals surface area contributed by atoms with Crippen LogP contribution in [0, 0.1) is 11.8 Å². The van der Waals surface area contributed by atoms with E-state index in [1.165, 1.54) is 0 Å². The highest BCUT2D eigenvalue weighted by Crippen LogP contribution is 2.31. The van der Waals surface area contributed by atoms with Gasteiger partial charge in [-0.05, 0) is 25.7 Å². The van der Waals surface area contributed by atoms with E-state index in [2.05, 4.69) is 0 Å². The van der Waals surface area contributed by atoms with Gasteiger partial charge in [0.15, 0.2) is 0 Å². The van der Waals surface area contributed by atoms with Gasteiger partial charge in [0, 0.05) is 25.6 Å². The molecular weight excluding hydrogens is 234 g/mol. The van der Waals surface area contributed by atoms with Crippen LogP contribution in [-0.4, -0.2) is 47.2 Å². The molecule has 0 aromatic carbocycles. The fraction of sp³-hybridized carbons (Fsp3) is 0.846. The van der Waals surface area contributed by atoms with Crippen LogP contribution >= 0.6 is 0 Å². The van der Waals surface area contributed by atoms with Gasteiger partial charge in [-0.1, -0.05) is 6.92 Å². The third kappa shape index (κ3) is 2.51. The topological polar surface area (TPSA) is 66.8 Å². The van der Waals surface area contributed by atoms with Gasteiger partial charge in [0.2, 0.25) is 5.91 Å². The standard InChI is InChI=1S/C13H21NO4/c1-8-6-11(15)14(7-10-4-3-5-18-10)9(2)12(8)13(16)17/h8-10,12H,3-7H2,1-2H3,(H,16,17). The van der Waals surface area contributed by atoms with E-state index in [-0.39, 0.29) is 24.0 Å². The number of carboxylic acid groups (broad SMARTS) is 1. The molecule has 5 heteroatoms. The minimum absolute atomic E-state index is 0.0583. The molecule has 2 aliphatic rings. The summed E-state index contributed by atoms with van der Waals surface area (Å²) in [5, 5.41) is 9.27. The Kier molecular flexibility index (Phi) is 3.90. The third-order valence-corrected chi connectivity index (χ3v) is 4.15. The lowest BCUT2D eigenvalue weighted by molar-refractivity contribution is -0.156. The van der Waals surface area contributed by atoms with Crippen molar-refractivity contribution in [2.75, 3.05) is 13.2 Å². The van der Waals surface area contributed by atoms with Crippen molar-refractivity contribution < 1.29 is 19.4 Å². The SMILES string of the molecule is CC1CC(=O)N(CC2CCCO2)C(C)C1C(=O)O. The molecule has 2 fully saturated rings. The normalized spacial score (nSPS) is 37.0. The van der Waals surface area contributed by atoms with Crippen LogP contribution in [0.5, 0.6) is 0 Å². The molecule has 0 aromatic heterocycles. The van der Waals surface area contributed by atoms with Crippen LogP contribution in [0.25, 0.3) is 0 Å². The molecule has 0 aliphatic carbocycles. The minimum atomic E-state index is -0.806. The number of amides is 1. The summed E-state index contributed by atoms with van der Waals surface area (Å²) in [6, 6.07) is -0.247. The van der Waals surface area contributed by atoms with Gasteiger partial charge >= 0.3 is 5.97 Å². The first kappa shape index (κ1) is 13.3. The van der Waals surface area contributed by atoms with Gasteiger partial charge in [0.25, 0.3) is 0 Å². The highest BCUT2D eigenvalue weighted by atomic mass is 16.5. The highest BCUT2D eigenvalue weighted by molar-refractivity contribution is 5.81. The molecule has 4 atom stereocenters. The molecule has 102 valence electrons. The summed E-state index contributed by atoms with van der Waals surface area (Å²) >= 11 is 0. The summed E-state index contributed by atoms with van der Waals surface area (Å²) in [7, 11) is 0.